The molecule has 3 aromatic heterocycles. The number of aromatic nitrogens is 3. The van der Waals surface area contributed by atoms with Gasteiger partial charge in [-0.25, -0.2) is 34.1 Å². The second-order valence-electron chi connectivity index (χ2n) is 10.1. The van der Waals surface area contributed by atoms with Crippen molar-refractivity contribution < 1.29 is 43.2 Å². The number of carbonyl (C=O) groups is 4. The lowest BCUT2D eigenvalue weighted by atomic mass is 10.2. The van der Waals surface area contributed by atoms with Crippen LogP contribution >= 0.6 is 34.0 Å². The van der Waals surface area contributed by atoms with Crippen LogP contribution in [0.3, 0.4) is 0 Å². The summed E-state index contributed by atoms with van der Waals surface area (Å²) in [6.07, 6.45) is 3.14. The minimum atomic E-state index is -0.604. The first kappa shape index (κ1) is 38.2. The van der Waals surface area contributed by atoms with Gasteiger partial charge in [0.2, 0.25) is 0 Å². The van der Waals surface area contributed by atoms with Gasteiger partial charge in [0.15, 0.2) is 15.4 Å². The van der Waals surface area contributed by atoms with Gasteiger partial charge in [0.1, 0.15) is 21.0 Å². The summed E-state index contributed by atoms with van der Waals surface area (Å²) in [6, 6.07) is 0. The van der Waals surface area contributed by atoms with Crippen LogP contribution in [0, 0.1) is 0 Å². The molecule has 0 aromatic carbocycles. The molecule has 3 aromatic rings. The minimum absolute atomic E-state index is 0.0757. The molecule has 3 heterocycles. The number of nitrogens with one attached hydrogen (secondary N) is 2. The number of hydrogen-bond acceptors (Lipinski definition) is 16. The van der Waals surface area contributed by atoms with E-state index < -0.39 is 29.4 Å². The highest BCUT2D eigenvalue weighted by atomic mass is 32.1. The fourth-order valence-corrected chi connectivity index (χ4v) is 4.37. The molecule has 0 aliphatic carbocycles. The third-order valence-corrected chi connectivity index (χ3v) is 6.50. The highest BCUT2D eigenvalue weighted by Gasteiger charge is 2.19. The van der Waals surface area contributed by atoms with Crippen molar-refractivity contribution in [3.63, 3.8) is 0 Å². The van der Waals surface area contributed by atoms with Crippen LogP contribution in [-0.4, -0.2) is 68.6 Å². The molecular weight excluding hydrogens is 637 g/mol. The summed E-state index contributed by atoms with van der Waals surface area (Å²) in [7, 11) is 0. The Labute approximate surface area is 267 Å². The first-order valence-electron chi connectivity index (χ1n) is 13.0. The second-order valence-corrected chi connectivity index (χ2v) is 13.3. The van der Waals surface area contributed by atoms with Crippen LogP contribution in [0.4, 0.5) is 25.0 Å². The van der Waals surface area contributed by atoms with E-state index in [0.29, 0.717) is 43.2 Å². The van der Waals surface area contributed by atoms with Crippen molar-refractivity contribution in [2.45, 2.75) is 73.2 Å². The van der Waals surface area contributed by atoms with Gasteiger partial charge >= 0.3 is 24.1 Å². The van der Waals surface area contributed by atoms with E-state index >= 15 is 0 Å². The first-order valence-corrected chi connectivity index (χ1v) is 15.5. The Balaban J connectivity index is 0.000000339. The highest BCUT2D eigenvalue weighted by molar-refractivity contribution is 7.17. The van der Waals surface area contributed by atoms with Gasteiger partial charge in [-0.3, -0.25) is 10.6 Å². The third-order valence-electron chi connectivity index (χ3n) is 3.91. The van der Waals surface area contributed by atoms with E-state index in [4.69, 9.17) is 29.8 Å². The smallest absolute Gasteiger partial charge is 0.413 e. The lowest BCUT2D eigenvalue weighted by Crippen LogP contribution is -2.27. The predicted octanol–water partition coefficient (Wildman–Crippen LogP) is 5.55. The molecule has 2 amide bonds. The van der Waals surface area contributed by atoms with Crippen LogP contribution in [0.5, 0.6) is 0 Å². The topological polar surface area (TPSA) is 214 Å². The Morgan fingerprint density at radius 2 is 1.18 bits per heavy atom. The van der Waals surface area contributed by atoms with Gasteiger partial charge in [-0.05, 0) is 55.4 Å². The molecule has 18 heteroatoms. The van der Waals surface area contributed by atoms with E-state index in [2.05, 4.69) is 25.6 Å². The highest BCUT2D eigenvalue weighted by Crippen LogP contribution is 2.21. The number of thiazole rings is 3. The Bertz CT molecular complexity index is 1360. The van der Waals surface area contributed by atoms with Crippen molar-refractivity contribution in [3.8, 4) is 0 Å². The van der Waals surface area contributed by atoms with Crippen molar-refractivity contribution in [1.29, 1.82) is 0 Å². The maximum absolute atomic E-state index is 11.5. The molecule has 0 saturated heterocycles. The van der Waals surface area contributed by atoms with Gasteiger partial charge in [0.25, 0.3) is 0 Å². The number of aliphatic hydroxyl groups is 1. The molecule has 0 aliphatic rings. The Kier molecular flexibility index (Phi) is 15.7. The number of carbonyl (C=O) groups excluding carboxylic acids is 4. The molecule has 15 nitrogen and oxygen atoms in total. The fraction of sp³-hybridized carbons (Fsp3) is 0.500. The van der Waals surface area contributed by atoms with Crippen molar-refractivity contribution in [2.75, 3.05) is 29.6 Å². The summed E-state index contributed by atoms with van der Waals surface area (Å²) in [5.41, 5.74) is 4.21. The Morgan fingerprint density at radius 3 is 1.57 bits per heavy atom. The monoisotopic (exact) mass is 674 g/mol. The molecule has 0 spiro atoms. The van der Waals surface area contributed by atoms with Crippen LogP contribution in [0.15, 0.2) is 18.6 Å². The molecule has 244 valence electrons. The summed E-state index contributed by atoms with van der Waals surface area (Å²) in [4.78, 5) is 58.1. The summed E-state index contributed by atoms with van der Waals surface area (Å²) in [6.45, 7) is 14.7. The fourth-order valence-electron chi connectivity index (χ4n) is 2.43. The Hall–Kier alpha value is -3.87. The zero-order valence-corrected chi connectivity index (χ0v) is 28.2. The zero-order valence-electron chi connectivity index (χ0n) is 25.7. The Morgan fingerprint density at radius 1 is 0.750 bits per heavy atom. The summed E-state index contributed by atoms with van der Waals surface area (Å²) in [5.74, 6) is -0.811. The van der Waals surface area contributed by atoms with E-state index in [1.165, 1.54) is 29.9 Å². The molecule has 0 atom stereocenters. The summed E-state index contributed by atoms with van der Waals surface area (Å²) in [5, 5.41) is 14.8. The number of aliphatic hydroxyl groups excluding tert-OH is 1. The average molecular weight is 675 g/mol. The maximum atomic E-state index is 11.5. The van der Waals surface area contributed by atoms with Crippen LogP contribution in [0.25, 0.3) is 0 Å². The molecule has 44 heavy (non-hydrogen) atoms. The number of hydrogen-bond donors (Lipinski definition) is 4. The van der Waals surface area contributed by atoms with Crippen LogP contribution in [-0.2, 0) is 25.6 Å². The lowest BCUT2D eigenvalue weighted by Gasteiger charge is -2.18. The molecule has 0 bridgehead atoms. The molecule has 0 saturated carbocycles. The lowest BCUT2D eigenvalue weighted by molar-refractivity contribution is 0.0522. The number of esters is 2. The number of ether oxygens (including phenoxy) is 4. The van der Waals surface area contributed by atoms with Crippen molar-refractivity contribution in [1.82, 2.24) is 15.0 Å². The van der Waals surface area contributed by atoms with E-state index in [1.807, 2.05) is 0 Å². The molecule has 0 fully saturated rings. The standard InChI is InChI=1S/C11H16N2O4S.C9H14N2O3S.C6H8N2O2S/c1-5-16-8(14)7-6-12-9(18-7)13-10(15)17-11(2,3)4;1-9(2,3)14-8(13)11-7-10-4-6(5-12)15-7;1-2-10-5(9)4-3-8-6(7)11-4/h6H,5H2,1-4H3,(H,12,13,15);4,12H,5H2,1-3H3,(H,10,11,13);3H,2H2,1H3,(H2,7,8). The summed E-state index contributed by atoms with van der Waals surface area (Å²) >= 11 is 3.38. The average Bonchev–Trinajstić information content (AvgIpc) is 3.64. The molecule has 0 unspecified atom stereocenters. The molecule has 0 aliphatic heterocycles. The molecule has 3 rings (SSSR count). The zero-order chi connectivity index (χ0) is 33.5. The quantitative estimate of drug-likeness (QED) is 0.179. The minimum Gasteiger partial charge on any atom is -0.462 e. The van der Waals surface area contributed by atoms with Crippen molar-refractivity contribution >= 4 is 73.5 Å². The van der Waals surface area contributed by atoms with Gasteiger partial charge in [-0.2, -0.15) is 0 Å². The van der Waals surface area contributed by atoms with E-state index in [9.17, 15) is 19.2 Å². The van der Waals surface area contributed by atoms with Crippen molar-refractivity contribution in [2.24, 2.45) is 0 Å². The van der Waals surface area contributed by atoms with Gasteiger partial charge in [0.05, 0.1) is 37.1 Å². The van der Waals surface area contributed by atoms with Gasteiger partial charge < -0.3 is 29.8 Å². The summed E-state index contributed by atoms with van der Waals surface area (Å²) < 4.78 is 19.6. The van der Waals surface area contributed by atoms with Crippen molar-refractivity contribution in [3.05, 3.63) is 33.2 Å². The number of rotatable bonds is 7. The number of anilines is 3. The third kappa shape index (κ3) is 16.1. The normalized spacial score (nSPS) is 10.7. The van der Waals surface area contributed by atoms with Gasteiger partial charge in [-0.15, -0.1) is 0 Å². The van der Waals surface area contributed by atoms with Crippen LogP contribution < -0.4 is 16.4 Å². The number of amides is 2. The number of nitrogens with zero attached hydrogens (tertiary/aromatic N) is 3. The van der Waals surface area contributed by atoms with Gasteiger partial charge in [-0.1, -0.05) is 34.0 Å². The van der Waals surface area contributed by atoms with Gasteiger partial charge in [0, 0.05) is 6.20 Å². The van der Waals surface area contributed by atoms with E-state index in [0.717, 1.165) is 22.7 Å². The molecule has 5 N–H and O–H groups in total. The maximum Gasteiger partial charge on any atom is 0.413 e. The van der Waals surface area contributed by atoms with Crippen LogP contribution in [0.1, 0.15) is 79.6 Å². The number of nitrogens with two attached hydrogens (primary N) is 1. The van der Waals surface area contributed by atoms with E-state index in [1.54, 1.807) is 55.4 Å². The molecular formula is C26H38N6O9S3. The van der Waals surface area contributed by atoms with E-state index in [-0.39, 0.29) is 12.6 Å². The van der Waals surface area contributed by atoms with Crippen LogP contribution in [0.2, 0.25) is 0 Å². The largest absolute Gasteiger partial charge is 0.462 e. The molecule has 0 radical (unpaired) electrons. The predicted molar refractivity (Wildman–Crippen MR) is 168 cm³/mol. The SMILES string of the molecule is CC(C)(C)OC(=O)Nc1ncc(CO)s1.CCOC(=O)c1cnc(N)s1.CCOC(=O)c1cnc(NC(=O)OC(C)(C)C)s1. The second kappa shape index (κ2) is 18.1. The number of nitrogen functional groups attached to an aromatic ring is 1. The first-order chi connectivity index (χ1) is 20.5.